The molecule has 1 heterocycles. The third kappa shape index (κ3) is 5.31. The van der Waals surface area contributed by atoms with Crippen molar-refractivity contribution in [2.75, 3.05) is 13.7 Å². The molecule has 0 bridgehead atoms. The average Bonchev–Trinajstić information content (AvgIpc) is 2.55. The van der Waals surface area contributed by atoms with E-state index in [9.17, 15) is 5.11 Å². The molecule has 1 aromatic carbocycles. The summed E-state index contributed by atoms with van der Waals surface area (Å²) in [6, 6.07) is 7.30. The zero-order valence-corrected chi connectivity index (χ0v) is 17.0. The highest BCUT2D eigenvalue weighted by atomic mass is 28.4. The summed E-state index contributed by atoms with van der Waals surface area (Å²) in [7, 11) is -0.273. The summed E-state index contributed by atoms with van der Waals surface area (Å²) in [5.41, 5.74) is 0. The molecule has 0 aromatic heterocycles. The minimum atomic E-state index is -1.90. The lowest BCUT2D eigenvalue weighted by Crippen LogP contribution is -2.47. The normalized spacial score (nSPS) is 24.2. The van der Waals surface area contributed by atoms with Gasteiger partial charge in [0, 0.05) is 0 Å². The highest BCUT2D eigenvalue weighted by Crippen LogP contribution is 2.37. The lowest BCUT2D eigenvalue weighted by atomic mass is 10.1. The lowest BCUT2D eigenvalue weighted by Gasteiger charge is -2.38. The molecule has 1 N–H and O–H groups in total. The second kappa shape index (κ2) is 7.91. The van der Waals surface area contributed by atoms with Gasteiger partial charge >= 0.3 is 0 Å². The fraction of sp³-hybridized carbons (Fsp3) is 0.579. The molecule has 5 nitrogen and oxygen atoms in total. The van der Waals surface area contributed by atoms with Gasteiger partial charge in [0.2, 0.25) is 6.29 Å². The van der Waals surface area contributed by atoms with E-state index in [2.05, 4.69) is 33.9 Å². The van der Waals surface area contributed by atoms with Crippen LogP contribution in [0.1, 0.15) is 20.8 Å². The monoisotopic (exact) mass is 366 g/mol. The molecular weight excluding hydrogens is 336 g/mol. The summed E-state index contributed by atoms with van der Waals surface area (Å²) in [6.07, 6.45) is 1.74. The molecule has 3 atom stereocenters. The molecule has 0 radical (unpaired) electrons. The maximum atomic E-state index is 10.2. The van der Waals surface area contributed by atoms with Gasteiger partial charge in [-0.3, -0.25) is 0 Å². The fourth-order valence-electron chi connectivity index (χ4n) is 2.13. The number of hydrogen-bond acceptors (Lipinski definition) is 5. The van der Waals surface area contributed by atoms with Gasteiger partial charge in [0.25, 0.3) is 0 Å². The van der Waals surface area contributed by atoms with Crippen molar-refractivity contribution in [2.45, 2.75) is 57.4 Å². The van der Waals surface area contributed by atoms with Crippen LogP contribution in [0.2, 0.25) is 18.1 Å². The largest absolute Gasteiger partial charge is 0.497 e. The minimum absolute atomic E-state index is 0.113. The summed E-state index contributed by atoms with van der Waals surface area (Å²) in [4.78, 5) is 0. The number of methoxy groups -OCH3 is 1. The van der Waals surface area contributed by atoms with Crippen LogP contribution in [0.3, 0.4) is 0 Å². The lowest BCUT2D eigenvalue weighted by molar-refractivity contribution is -0.141. The van der Waals surface area contributed by atoms with E-state index in [-0.39, 0.29) is 5.04 Å². The first-order valence-electron chi connectivity index (χ1n) is 8.59. The van der Waals surface area contributed by atoms with Crippen LogP contribution < -0.4 is 9.47 Å². The summed E-state index contributed by atoms with van der Waals surface area (Å²) in [5, 5.41) is 10.3. The Morgan fingerprint density at radius 1 is 1.08 bits per heavy atom. The van der Waals surface area contributed by atoms with Gasteiger partial charge in [-0.05, 0) is 48.5 Å². The van der Waals surface area contributed by atoms with Gasteiger partial charge in [-0.15, -0.1) is 0 Å². The highest BCUT2D eigenvalue weighted by molar-refractivity contribution is 6.74. The van der Waals surface area contributed by atoms with Crippen LogP contribution in [0, 0.1) is 0 Å². The van der Waals surface area contributed by atoms with Crippen LogP contribution in [0.25, 0.3) is 0 Å². The topological polar surface area (TPSA) is 57.2 Å². The van der Waals surface area contributed by atoms with Crippen molar-refractivity contribution >= 4 is 8.32 Å². The Balaban J connectivity index is 1.95. The van der Waals surface area contributed by atoms with Crippen LogP contribution in [0.15, 0.2) is 36.4 Å². The van der Waals surface area contributed by atoms with E-state index >= 15 is 0 Å². The summed E-state index contributed by atoms with van der Waals surface area (Å²) < 4.78 is 23.0. The summed E-state index contributed by atoms with van der Waals surface area (Å²) in [6.45, 7) is 11.3. The quantitative estimate of drug-likeness (QED) is 0.614. The first-order valence-corrected chi connectivity index (χ1v) is 11.5. The number of benzene rings is 1. The van der Waals surface area contributed by atoms with E-state index < -0.39 is 26.8 Å². The maximum Gasteiger partial charge on any atom is 0.220 e. The summed E-state index contributed by atoms with van der Waals surface area (Å²) >= 11 is 0. The van der Waals surface area contributed by atoms with Gasteiger partial charge in [0.15, 0.2) is 8.32 Å². The Kier molecular flexibility index (Phi) is 6.32. The molecule has 0 amide bonds. The van der Waals surface area contributed by atoms with Gasteiger partial charge in [0.05, 0.1) is 13.7 Å². The Bertz CT molecular complexity index is 576. The van der Waals surface area contributed by atoms with Crippen LogP contribution >= 0.6 is 0 Å². The van der Waals surface area contributed by atoms with Crippen LogP contribution in [-0.4, -0.2) is 45.6 Å². The third-order valence-corrected chi connectivity index (χ3v) is 9.38. The molecule has 25 heavy (non-hydrogen) atoms. The molecule has 2 rings (SSSR count). The van der Waals surface area contributed by atoms with Gasteiger partial charge in [0.1, 0.15) is 23.7 Å². The fourth-order valence-corrected chi connectivity index (χ4v) is 3.14. The van der Waals surface area contributed by atoms with Crippen molar-refractivity contribution in [2.24, 2.45) is 0 Å². The number of hydrogen-bond donors (Lipinski definition) is 1. The zero-order chi connectivity index (χ0) is 18.7. The Morgan fingerprint density at radius 2 is 1.68 bits per heavy atom. The first kappa shape index (κ1) is 20.0. The van der Waals surface area contributed by atoms with Crippen molar-refractivity contribution in [3.8, 4) is 11.5 Å². The average molecular weight is 367 g/mol. The molecule has 0 aliphatic carbocycles. The molecule has 1 aliphatic rings. The molecular formula is C19H30O5Si. The number of ether oxygens (including phenoxy) is 3. The number of aliphatic hydroxyl groups excluding tert-OH is 1. The molecule has 0 saturated carbocycles. The molecule has 0 spiro atoms. The van der Waals surface area contributed by atoms with E-state index in [0.717, 1.165) is 5.75 Å². The Morgan fingerprint density at radius 3 is 2.24 bits per heavy atom. The van der Waals surface area contributed by atoms with Gasteiger partial charge in [-0.25, -0.2) is 0 Å². The second-order valence-electron chi connectivity index (χ2n) is 7.78. The van der Waals surface area contributed by atoms with E-state index in [1.807, 2.05) is 24.3 Å². The van der Waals surface area contributed by atoms with Crippen LogP contribution in [-0.2, 0) is 9.16 Å². The molecule has 0 saturated heterocycles. The van der Waals surface area contributed by atoms with Crippen molar-refractivity contribution in [3.63, 3.8) is 0 Å². The number of aliphatic hydroxyl groups is 1. The van der Waals surface area contributed by atoms with Crippen molar-refractivity contribution in [1.29, 1.82) is 0 Å². The van der Waals surface area contributed by atoms with E-state index in [1.54, 1.807) is 19.3 Å². The highest BCUT2D eigenvalue weighted by Gasteiger charge is 2.39. The Labute approximate surface area is 151 Å². The van der Waals surface area contributed by atoms with Gasteiger partial charge in [-0.1, -0.05) is 26.8 Å². The minimum Gasteiger partial charge on any atom is -0.497 e. The van der Waals surface area contributed by atoms with Gasteiger partial charge < -0.3 is 23.7 Å². The second-order valence-corrected chi connectivity index (χ2v) is 12.6. The van der Waals surface area contributed by atoms with Gasteiger partial charge in [-0.2, -0.15) is 0 Å². The molecule has 1 aromatic rings. The maximum absolute atomic E-state index is 10.2. The zero-order valence-electron chi connectivity index (χ0n) is 16.0. The predicted molar refractivity (Wildman–Crippen MR) is 101 cm³/mol. The van der Waals surface area contributed by atoms with Crippen molar-refractivity contribution in [1.82, 2.24) is 0 Å². The molecule has 1 aliphatic heterocycles. The number of rotatable bonds is 6. The smallest absolute Gasteiger partial charge is 0.220 e. The van der Waals surface area contributed by atoms with Crippen molar-refractivity contribution < 1.29 is 23.7 Å². The van der Waals surface area contributed by atoms with Crippen LogP contribution in [0.5, 0.6) is 11.5 Å². The molecule has 0 fully saturated rings. The third-order valence-electron chi connectivity index (χ3n) is 4.88. The predicted octanol–water partition coefficient (Wildman–Crippen LogP) is 3.74. The van der Waals surface area contributed by atoms with E-state index in [0.29, 0.717) is 12.4 Å². The molecule has 6 heteroatoms. The SMILES string of the molecule is COc1ccc(O[C@@H]2C=C[C@H](O)[C@@H](CO[Si](C)(C)C(C)(C)C)O2)cc1. The van der Waals surface area contributed by atoms with Crippen molar-refractivity contribution in [3.05, 3.63) is 36.4 Å². The summed E-state index contributed by atoms with van der Waals surface area (Å²) in [5.74, 6) is 1.44. The van der Waals surface area contributed by atoms with Crippen LogP contribution in [0.4, 0.5) is 0 Å². The first-order chi connectivity index (χ1) is 11.6. The molecule has 140 valence electrons. The van der Waals surface area contributed by atoms with E-state index in [4.69, 9.17) is 18.6 Å². The Hall–Kier alpha value is -1.34. The van der Waals surface area contributed by atoms with E-state index in [1.165, 1.54) is 0 Å². The standard InChI is InChI=1S/C19H30O5Si/c1-19(2,3)25(5,6)22-13-17-16(20)11-12-18(24-17)23-15-9-7-14(21-4)8-10-15/h7-12,16-18,20H,13H2,1-6H3/t16-,17+,18-/m0/s1. The molecule has 0 unspecified atom stereocenters.